The average Bonchev–Trinajstić information content (AvgIpc) is 2.83. The van der Waals surface area contributed by atoms with Crippen LogP contribution < -0.4 is 20.1 Å². The van der Waals surface area contributed by atoms with Crippen LogP contribution in [-0.2, 0) is 9.59 Å². The molecule has 0 aromatic heterocycles. The summed E-state index contributed by atoms with van der Waals surface area (Å²) in [5.74, 6) is 0.510. The normalized spacial score (nSPS) is 19.6. The highest BCUT2D eigenvalue weighted by Gasteiger charge is 2.38. The lowest BCUT2D eigenvalue weighted by molar-refractivity contribution is -0.132. The number of nitrogens with one attached hydrogen (secondary N) is 2. The highest BCUT2D eigenvalue weighted by molar-refractivity contribution is 6.01. The first kappa shape index (κ1) is 20.0. The topological polar surface area (TPSA) is 76.7 Å². The molecule has 2 aromatic carbocycles. The molecule has 1 heterocycles. The van der Waals surface area contributed by atoms with Crippen LogP contribution in [0.25, 0.3) is 0 Å². The van der Waals surface area contributed by atoms with Crippen molar-refractivity contribution in [1.82, 2.24) is 0 Å². The number of Topliss-reactive ketones (excluding diaryl/α,β-unsaturated/α-hetero) is 1. The Bertz CT molecular complexity index is 1050. The second-order valence-corrected chi connectivity index (χ2v) is 8.59. The summed E-state index contributed by atoms with van der Waals surface area (Å²) in [6.45, 7) is 5.58. The van der Waals surface area contributed by atoms with Gasteiger partial charge in [-0.25, -0.2) is 0 Å². The van der Waals surface area contributed by atoms with Gasteiger partial charge in [-0.1, -0.05) is 32.0 Å². The number of methoxy groups -OCH3 is 1. The maximum Gasteiger partial charge on any atom is 0.308 e. The van der Waals surface area contributed by atoms with E-state index in [-0.39, 0.29) is 17.2 Å². The van der Waals surface area contributed by atoms with Crippen LogP contribution in [0.15, 0.2) is 53.7 Å². The molecule has 0 bridgehead atoms. The van der Waals surface area contributed by atoms with E-state index in [1.54, 1.807) is 6.07 Å². The van der Waals surface area contributed by atoms with E-state index in [9.17, 15) is 9.59 Å². The molecule has 2 N–H and O–H groups in total. The summed E-state index contributed by atoms with van der Waals surface area (Å²) in [7, 11) is 1.53. The Morgan fingerprint density at radius 2 is 1.80 bits per heavy atom. The molecule has 1 aliphatic carbocycles. The van der Waals surface area contributed by atoms with Crippen molar-refractivity contribution < 1.29 is 19.1 Å². The maximum atomic E-state index is 13.3. The highest BCUT2D eigenvalue weighted by Crippen LogP contribution is 2.46. The second-order valence-electron chi connectivity index (χ2n) is 8.59. The van der Waals surface area contributed by atoms with E-state index in [1.807, 2.05) is 36.4 Å². The van der Waals surface area contributed by atoms with E-state index in [2.05, 4.69) is 24.5 Å². The van der Waals surface area contributed by atoms with Crippen LogP contribution >= 0.6 is 0 Å². The van der Waals surface area contributed by atoms with Gasteiger partial charge in [0, 0.05) is 24.6 Å². The molecule has 30 heavy (non-hydrogen) atoms. The molecule has 0 amide bonds. The zero-order valence-electron chi connectivity index (χ0n) is 17.7. The number of carbonyl (C=O) groups excluding carboxylic acids is 2. The number of ketones is 1. The molecule has 4 rings (SSSR count). The van der Waals surface area contributed by atoms with Crippen molar-refractivity contribution in [3.05, 3.63) is 59.3 Å². The smallest absolute Gasteiger partial charge is 0.308 e. The number of para-hydroxylation sites is 2. The van der Waals surface area contributed by atoms with Crippen LogP contribution in [0.1, 0.15) is 45.2 Å². The quantitative estimate of drug-likeness (QED) is 0.561. The van der Waals surface area contributed by atoms with E-state index >= 15 is 0 Å². The molecule has 6 nitrogen and oxygen atoms in total. The van der Waals surface area contributed by atoms with Crippen molar-refractivity contribution in [2.24, 2.45) is 5.41 Å². The van der Waals surface area contributed by atoms with Gasteiger partial charge in [-0.15, -0.1) is 0 Å². The van der Waals surface area contributed by atoms with Gasteiger partial charge in [-0.3, -0.25) is 9.59 Å². The Morgan fingerprint density at radius 1 is 1.07 bits per heavy atom. The van der Waals surface area contributed by atoms with Crippen molar-refractivity contribution in [3.8, 4) is 11.5 Å². The summed E-state index contributed by atoms with van der Waals surface area (Å²) < 4.78 is 10.7. The molecule has 2 aliphatic rings. The fraction of sp³-hybridized carbons (Fsp3) is 0.333. The molecular weight excluding hydrogens is 380 g/mol. The molecule has 0 fully saturated rings. The van der Waals surface area contributed by atoms with Crippen molar-refractivity contribution in [2.75, 3.05) is 17.7 Å². The van der Waals surface area contributed by atoms with Crippen LogP contribution in [0.2, 0.25) is 0 Å². The monoisotopic (exact) mass is 406 g/mol. The summed E-state index contributed by atoms with van der Waals surface area (Å²) >= 11 is 0. The lowest BCUT2D eigenvalue weighted by atomic mass is 9.73. The Balaban J connectivity index is 1.84. The minimum Gasteiger partial charge on any atom is -0.493 e. The standard InChI is InChI=1S/C24H26N2O4/c1-14(27)30-20-10-9-15(11-21(20)29-4)23-22-18(12-24(2,3)13-19(22)28)25-16-7-5-6-8-17(16)26-23/h5-11,23,25-26H,12-13H2,1-4H3. The summed E-state index contributed by atoms with van der Waals surface area (Å²) in [6, 6.07) is 13.0. The van der Waals surface area contributed by atoms with Crippen LogP contribution in [0, 0.1) is 5.41 Å². The van der Waals surface area contributed by atoms with Crippen molar-refractivity contribution >= 4 is 23.1 Å². The lowest BCUT2D eigenvalue weighted by Gasteiger charge is -2.34. The van der Waals surface area contributed by atoms with E-state index < -0.39 is 5.97 Å². The maximum absolute atomic E-state index is 13.3. The zero-order valence-corrected chi connectivity index (χ0v) is 17.7. The summed E-state index contributed by atoms with van der Waals surface area (Å²) in [5.41, 5.74) is 4.31. The Hall–Kier alpha value is -3.28. The predicted molar refractivity (Wildman–Crippen MR) is 116 cm³/mol. The molecule has 0 radical (unpaired) electrons. The van der Waals surface area contributed by atoms with Crippen LogP contribution in [0.4, 0.5) is 11.4 Å². The van der Waals surface area contributed by atoms with Crippen LogP contribution in [0.5, 0.6) is 11.5 Å². The number of hydrogen-bond donors (Lipinski definition) is 2. The molecule has 0 saturated heterocycles. The van der Waals surface area contributed by atoms with Gasteiger partial charge in [0.25, 0.3) is 0 Å². The third-order valence-electron chi connectivity index (χ3n) is 5.50. The fourth-order valence-electron chi connectivity index (χ4n) is 4.24. The Morgan fingerprint density at radius 3 is 2.50 bits per heavy atom. The van der Waals surface area contributed by atoms with Gasteiger partial charge in [-0.2, -0.15) is 0 Å². The van der Waals surface area contributed by atoms with Crippen LogP contribution in [-0.4, -0.2) is 18.9 Å². The molecule has 2 aromatic rings. The van der Waals surface area contributed by atoms with Crippen molar-refractivity contribution in [2.45, 2.75) is 39.7 Å². The number of anilines is 2. The van der Waals surface area contributed by atoms with Crippen molar-refractivity contribution in [3.63, 3.8) is 0 Å². The van der Waals surface area contributed by atoms with Gasteiger partial charge < -0.3 is 20.1 Å². The van der Waals surface area contributed by atoms with Gasteiger partial charge in [0.15, 0.2) is 17.3 Å². The summed E-state index contributed by atoms with van der Waals surface area (Å²) in [6.07, 6.45) is 1.27. The number of hydrogen-bond acceptors (Lipinski definition) is 6. The third kappa shape index (κ3) is 3.77. The molecule has 6 heteroatoms. The van der Waals surface area contributed by atoms with E-state index in [0.717, 1.165) is 34.6 Å². The molecule has 1 atom stereocenters. The number of benzene rings is 2. The molecular formula is C24H26N2O4. The van der Waals surface area contributed by atoms with E-state index in [0.29, 0.717) is 17.9 Å². The second kappa shape index (κ2) is 7.52. The minimum absolute atomic E-state index is 0.108. The third-order valence-corrected chi connectivity index (χ3v) is 5.50. The lowest BCUT2D eigenvalue weighted by Crippen LogP contribution is -2.31. The summed E-state index contributed by atoms with van der Waals surface area (Å²) in [5, 5.41) is 7.05. The average molecular weight is 406 g/mol. The van der Waals surface area contributed by atoms with Crippen LogP contribution in [0.3, 0.4) is 0 Å². The van der Waals surface area contributed by atoms with Gasteiger partial charge in [0.1, 0.15) is 0 Å². The predicted octanol–water partition coefficient (Wildman–Crippen LogP) is 4.84. The van der Waals surface area contributed by atoms with Gasteiger partial charge in [0.05, 0.1) is 24.5 Å². The fourth-order valence-corrected chi connectivity index (χ4v) is 4.24. The number of allylic oxidation sites excluding steroid dienone is 1. The van der Waals surface area contributed by atoms with Gasteiger partial charge in [0.2, 0.25) is 0 Å². The van der Waals surface area contributed by atoms with Gasteiger partial charge in [-0.05, 0) is 41.7 Å². The minimum atomic E-state index is -0.415. The molecule has 1 unspecified atom stereocenters. The number of esters is 1. The SMILES string of the molecule is COc1cc(C2Nc3ccccc3NC3=C2C(=O)CC(C)(C)C3)ccc1OC(C)=O. The number of fused-ring (bicyclic) bond motifs is 1. The zero-order chi connectivity index (χ0) is 21.5. The highest BCUT2D eigenvalue weighted by atomic mass is 16.6. The molecule has 1 aliphatic heterocycles. The first-order valence-electron chi connectivity index (χ1n) is 10.0. The first-order chi connectivity index (χ1) is 14.3. The number of ether oxygens (including phenoxy) is 2. The summed E-state index contributed by atoms with van der Waals surface area (Å²) in [4.78, 5) is 24.7. The van der Waals surface area contributed by atoms with Crippen molar-refractivity contribution in [1.29, 1.82) is 0 Å². The molecule has 156 valence electrons. The number of carbonyl (C=O) groups is 2. The van der Waals surface area contributed by atoms with Gasteiger partial charge >= 0.3 is 5.97 Å². The first-order valence-corrected chi connectivity index (χ1v) is 10.0. The number of rotatable bonds is 3. The Kier molecular flexibility index (Phi) is 5.02. The Labute approximate surface area is 176 Å². The van der Waals surface area contributed by atoms with E-state index in [1.165, 1.54) is 14.0 Å². The molecule has 0 spiro atoms. The van der Waals surface area contributed by atoms with E-state index in [4.69, 9.17) is 9.47 Å². The largest absolute Gasteiger partial charge is 0.493 e. The molecule has 0 saturated carbocycles.